The van der Waals surface area contributed by atoms with Gasteiger partial charge in [-0.2, -0.15) is 0 Å². The first-order chi connectivity index (χ1) is 7.11. The van der Waals surface area contributed by atoms with E-state index in [9.17, 15) is 4.79 Å². The summed E-state index contributed by atoms with van der Waals surface area (Å²) >= 11 is 0. The highest BCUT2D eigenvalue weighted by atomic mass is 16.4. The van der Waals surface area contributed by atoms with E-state index in [-0.39, 0.29) is 11.9 Å². The van der Waals surface area contributed by atoms with E-state index < -0.39 is 0 Å². The van der Waals surface area contributed by atoms with Crippen molar-refractivity contribution in [2.24, 2.45) is 5.73 Å². The van der Waals surface area contributed by atoms with E-state index in [2.05, 4.69) is 10.3 Å². The molecule has 1 aromatic rings. The molecular weight excluding hydrogens is 194 g/mol. The maximum atomic E-state index is 11.3. The van der Waals surface area contributed by atoms with Crippen molar-refractivity contribution in [1.29, 1.82) is 0 Å². The molecule has 0 spiro atoms. The zero-order valence-corrected chi connectivity index (χ0v) is 9.12. The molecule has 0 radical (unpaired) electrons. The summed E-state index contributed by atoms with van der Waals surface area (Å²) in [6.45, 7) is 4.09. The van der Waals surface area contributed by atoms with Gasteiger partial charge in [0.15, 0.2) is 0 Å². The van der Waals surface area contributed by atoms with Gasteiger partial charge in [-0.15, -0.1) is 0 Å². The molecule has 1 amide bonds. The van der Waals surface area contributed by atoms with Gasteiger partial charge in [0, 0.05) is 12.5 Å². The highest BCUT2D eigenvalue weighted by Crippen LogP contribution is 2.01. The van der Waals surface area contributed by atoms with Gasteiger partial charge >= 0.3 is 0 Å². The monoisotopic (exact) mass is 211 g/mol. The van der Waals surface area contributed by atoms with Crippen LogP contribution in [0, 0.1) is 6.92 Å². The quantitative estimate of drug-likeness (QED) is 0.752. The molecule has 3 N–H and O–H groups in total. The van der Waals surface area contributed by atoms with E-state index in [1.165, 1.54) is 0 Å². The fraction of sp³-hybridized carbons (Fsp3) is 0.600. The lowest BCUT2D eigenvalue weighted by molar-refractivity contribution is -0.121. The van der Waals surface area contributed by atoms with Crippen LogP contribution in [0.25, 0.3) is 0 Å². The molecule has 5 nitrogen and oxygen atoms in total. The Morgan fingerprint density at radius 1 is 1.73 bits per heavy atom. The third kappa shape index (κ3) is 4.12. The van der Waals surface area contributed by atoms with Crippen molar-refractivity contribution in [2.45, 2.75) is 39.3 Å². The first-order valence-corrected chi connectivity index (χ1v) is 5.05. The Morgan fingerprint density at radius 2 is 2.47 bits per heavy atom. The Balaban J connectivity index is 2.28. The summed E-state index contributed by atoms with van der Waals surface area (Å²) in [5.41, 5.74) is 5.65. The number of carbonyl (C=O) groups excluding carboxylic acids is 1. The Hall–Kier alpha value is -1.36. The fourth-order valence-corrected chi connectivity index (χ4v) is 1.11. The molecule has 0 aliphatic rings. The summed E-state index contributed by atoms with van der Waals surface area (Å²) in [4.78, 5) is 15.3. The summed E-state index contributed by atoms with van der Waals surface area (Å²) < 4.78 is 5.21. The van der Waals surface area contributed by atoms with E-state index in [0.29, 0.717) is 18.9 Å². The van der Waals surface area contributed by atoms with Crippen molar-refractivity contribution in [3.8, 4) is 0 Å². The second kappa shape index (κ2) is 5.50. The van der Waals surface area contributed by atoms with Gasteiger partial charge in [-0.1, -0.05) is 6.92 Å². The Kier molecular flexibility index (Phi) is 4.30. The van der Waals surface area contributed by atoms with Crippen LogP contribution < -0.4 is 11.1 Å². The number of nitrogens with zero attached hydrogens (tertiary/aromatic N) is 1. The van der Waals surface area contributed by atoms with Crippen LogP contribution in [0.5, 0.6) is 0 Å². The second-order valence-electron chi connectivity index (χ2n) is 3.51. The molecule has 0 saturated carbocycles. The molecule has 1 atom stereocenters. The molecule has 1 aromatic heterocycles. The van der Waals surface area contributed by atoms with Crippen LogP contribution in [0.15, 0.2) is 10.6 Å². The standard InChI is InChI=1S/C10H17N3O2/c1-3-8(11)4-9(14)12-6-10-13-5-7(2)15-10/h5,8H,3-4,6,11H2,1-2H3,(H,12,14). The summed E-state index contributed by atoms with van der Waals surface area (Å²) in [7, 11) is 0. The summed E-state index contributed by atoms with van der Waals surface area (Å²) in [5.74, 6) is 1.19. The van der Waals surface area contributed by atoms with Crippen molar-refractivity contribution >= 4 is 5.91 Å². The first kappa shape index (κ1) is 11.7. The van der Waals surface area contributed by atoms with Gasteiger partial charge in [-0.05, 0) is 13.3 Å². The van der Waals surface area contributed by atoms with Crippen LogP contribution in [0.3, 0.4) is 0 Å². The number of nitrogens with one attached hydrogen (secondary N) is 1. The Labute approximate surface area is 89.1 Å². The third-order valence-corrected chi connectivity index (χ3v) is 2.08. The van der Waals surface area contributed by atoms with Crippen LogP contribution >= 0.6 is 0 Å². The van der Waals surface area contributed by atoms with Gasteiger partial charge in [0.25, 0.3) is 0 Å². The molecule has 1 unspecified atom stereocenters. The predicted octanol–water partition coefficient (Wildman–Crippen LogP) is 0.727. The molecule has 0 fully saturated rings. The van der Waals surface area contributed by atoms with E-state index in [4.69, 9.17) is 10.2 Å². The van der Waals surface area contributed by atoms with Gasteiger partial charge in [-0.25, -0.2) is 4.98 Å². The van der Waals surface area contributed by atoms with Gasteiger partial charge in [0.05, 0.1) is 12.7 Å². The van der Waals surface area contributed by atoms with E-state index in [0.717, 1.165) is 12.2 Å². The molecule has 0 saturated heterocycles. The number of rotatable bonds is 5. The number of amides is 1. The van der Waals surface area contributed by atoms with Crippen LogP contribution in [0.1, 0.15) is 31.4 Å². The Bertz CT molecular complexity index is 322. The van der Waals surface area contributed by atoms with Gasteiger partial charge in [-0.3, -0.25) is 4.79 Å². The Morgan fingerprint density at radius 3 is 3.00 bits per heavy atom. The SMILES string of the molecule is CCC(N)CC(=O)NCc1ncc(C)o1. The lowest BCUT2D eigenvalue weighted by Gasteiger charge is -2.07. The minimum atomic E-state index is -0.0729. The normalized spacial score (nSPS) is 12.5. The molecule has 15 heavy (non-hydrogen) atoms. The van der Waals surface area contributed by atoms with E-state index in [1.54, 1.807) is 6.20 Å². The highest BCUT2D eigenvalue weighted by molar-refractivity contribution is 5.76. The molecule has 1 heterocycles. The van der Waals surface area contributed by atoms with Crippen molar-refractivity contribution in [3.63, 3.8) is 0 Å². The smallest absolute Gasteiger partial charge is 0.221 e. The maximum Gasteiger partial charge on any atom is 0.221 e. The lowest BCUT2D eigenvalue weighted by atomic mass is 10.1. The second-order valence-corrected chi connectivity index (χ2v) is 3.51. The van der Waals surface area contributed by atoms with Crippen LogP contribution in [-0.4, -0.2) is 16.9 Å². The lowest BCUT2D eigenvalue weighted by Crippen LogP contribution is -2.30. The summed E-state index contributed by atoms with van der Waals surface area (Å²) in [5, 5.41) is 2.70. The number of aromatic nitrogens is 1. The number of hydrogen-bond acceptors (Lipinski definition) is 4. The molecular formula is C10H17N3O2. The van der Waals surface area contributed by atoms with Crippen LogP contribution in [0.4, 0.5) is 0 Å². The molecule has 0 aromatic carbocycles. The number of oxazole rings is 1. The van der Waals surface area contributed by atoms with Gasteiger partial charge in [0.1, 0.15) is 5.76 Å². The molecule has 1 rings (SSSR count). The maximum absolute atomic E-state index is 11.3. The summed E-state index contributed by atoms with van der Waals surface area (Å²) in [6.07, 6.45) is 2.76. The number of hydrogen-bond donors (Lipinski definition) is 2. The fourth-order valence-electron chi connectivity index (χ4n) is 1.11. The zero-order valence-electron chi connectivity index (χ0n) is 9.12. The number of carbonyl (C=O) groups is 1. The largest absolute Gasteiger partial charge is 0.444 e. The average Bonchev–Trinajstić information content (AvgIpc) is 2.61. The predicted molar refractivity (Wildman–Crippen MR) is 56.0 cm³/mol. The molecule has 0 bridgehead atoms. The summed E-state index contributed by atoms with van der Waals surface area (Å²) in [6, 6.07) is -0.0729. The van der Waals surface area contributed by atoms with Crippen molar-refractivity contribution in [3.05, 3.63) is 17.8 Å². The van der Waals surface area contributed by atoms with Crippen molar-refractivity contribution in [2.75, 3.05) is 0 Å². The molecule has 0 aliphatic carbocycles. The average molecular weight is 211 g/mol. The topological polar surface area (TPSA) is 81.2 Å². The minimum Gasteiger partial charge on any atom is -0.444 e. The highest BCUT2D eigenvalue weighted by Gasteiger charge is 2.08. The first-order valence-electron chi connectivity index (χ1n) is 5.05. The van der Waals surface area contributed by atoms with E-state index in [1.807, 2.05) is 13.8 Å². The zero-order chi connectivity index (χ0) is 11.3. The van der Waals surface area contributed by atoms with Crippen molar-refractivity contribution in [1.82, 2.24) is 10.3 Å². The van der Waals surface area contributed by atoms with Crippen LogP contribution in [-0.2, 0) is 11.3 Å². The van der Waals surface area contributed by atoms with Gasteiger partial charge in [0.2, 0.25) is 11.8 Å². The van der Waals surface area contributed by atoms with E-state index >= 15 is 0 Å². The molecule has 5 heteroatoms. The number of nitrogens with two attached hydrogens (primary N) is 1. The van der Waals surface area contributed by atoms with Crippen LogP contribution in [0.2, 0.25) is 0 Å². The minimum absolute atomic E-state index is 0.0693. The number of aryl methyl sites for hydroxylation is 1. The molecule has 0 aliphatic heterocycles. The van der Waals surface area contributed by atoms with Gasteiger partial charge < -0.3 is 15.5 Å². The molecule has 84 valence electrons. The third-order valence-electron chi connectivity index (χ3n) is 2.08. The van der Waals surface area contributed by atoms with Crippen molar-refractivity contribution < 1.29 is 9.21 Å².